The van der Waals surface area contributed by atoms with E-state index in [0.29, 0.717) is 29.1 Å². The van der Waals surface area contributed by atoms with Crippen molar-refractivity contribution in [1.82, 2.24) is 19.6 Å². The average Bonchev–Trinajstić information content (AvgIpc) is 3.15. The maximum atomic E-state index is 14.7. The van der Waals surface area contributed by atoms with Crippen molar-refractivity contribution in [2.45, 2.75) is 13.3 Å². The minimum Gasteiger partial charge on any atom is -0.495 e. The summed E-state index contributed by atoms with van der Waals surface area (Å²) < 4.78 is 35.5. The van der Waals surface area contributed by atoms with Gasteiger partial charge in [0.05, 0.1) is 18.8 Å². The van der Waals surface area contributed by atoms with Crippen molar-refractivity contribution in [1.29, 1.82) is 0 Å². The Balaban J connectivity index is 1.57. The zero-order valence-corrected chi connectivity index (χ0v) is 16.9. The second kappa shape index (κ2) is 7.43. The third-order valence-corrected chi connectivity index (χ3v) is 5.22. The Morgan fingerprint density at radius 2 is 1.84 bits per heavy atom. The normalized spacial score (nSPS) is 11.4. The number of fused-ring (bicyclic) bond motifs is 2. The minimum atomic E-state index is -0.509. The highest BCUT2D eigenvalue weighted by atomic mass is 19.1. The summed E-state index contributed by atoms with van der Waals surface area (Å²) >= 11 is 0. The van der Waals surface area contributed by atoms with E-state index < -0.39 is 5.82 Å². The van der Waals surface area contributed by atoms with Gasteiger partial charge in [-0.15, -0.1) is 10.2 Å². The van der Waals surface area contributed by atoms with Crippen LogP contribution in [0.3, 0.4) is 0 Å². The van der Waals surface area contributed by atoms with Gasteiger partial charge in [0.15, 0.2) is 11.5 Å². The molecule has 0 saturated carbocycles. The lowest BCUT2D eigenvalue weighted by molar-refractivity contribution is 0.414. The molecule has 0 aliphatic carbocycles. The number of rotatable bonds is 4. The van der Waals surface area contributed by atoms with Crippen LogP contribution < -0.4 is 4.74 Å². The van der Waals surface area contributed by atoms with Gasteiger partial charge in [-0.25, -0.2) is 8.78 Å². The number of methoxy groups -OCH3 is 1. The van der Waals surface area contributed by atoms with Crippen molar-refractivity contribution >= 4 is 16.6 Å². The number of hydrogen-bond donors (Lipinski definition) is 0. The van der Waals surface area contributed by atoms with E-state index in [1.165, 1.54) is 18.2 Å². The van der Waals surface area contributed by atoms with Gasteiger partial charge < -0.3 is 4.74 Å². The Labute approximate surface area is 177 Å². The number of halogens is 2. The first kappa shape index (κ1) is 19.1. The van der Waals surface area contributed by atoms with Crippen molar-refractivity contribution in [2.75, 3.05) is 7.11 Å². The van der Waals surface area contributed by atoms with Crippen LogP contribution in [0.15, 0.2) is 60.9 Å². The molecule has 154 valence electrons. The smallest absolute Gasteiger partial charge is 0.196 e. The summed E-state index contributed by atoms with van der Waals surface area (Å²) in [5, 5.41) is 9.14. The Hall–Kier alpha value is -3.87. The highest BCUT2D eigenvalue weighted by Crippen LogP contribution is 2.26. The molecule has 0 bridgehead atoms. The summed E-state index contributed by atoms with van der Waals surface area (Å²) in [5.74, 6) is 0.388. The monoisotopic (exact) mass is 416 g/mol. The van der Waals surface area contributed by atoms with Crippen molar-refractivity contribution in [3.63, 3.8) is 0 Å². The molecule has 3 aromatic heterocycles. The molecule has 0 atom stereocenters. The fraction of sp³-hybridized carbons (Fsp3) is 0.125. The number of benzene rings is 2. The number of nitrogens with zero attached hydrogens (tertiary/aromatic N) is 4. The van der Waals surface area contributed by atoms with Crippen LogP contribution >= 0.6 is 0 Å². The molecule has 0 fully saturated rings. The van der Waals surface area contributed by atoms with E-state index in [1.807, 2.05) is 30.3 Å². The molecule has 0 unspecified atom stereocenters. The number of aryl methyl sites for hydroxylation is 1. The number of pyridine rings is 2. The second-order valence-electron chi connectivity index (χ2n) is 7.48. The number of aromatic nitrogens is 4. The highest BCUT2D eigenvalue weighted by Gasteiger charge is 2.14. The molecule has 0 N–H and O–H groups in total. The Bertz CT molecular complexity index is 1420. The average molecular weight is 416 g/mol. The fourth-order valence-corrected chi connectivity index (χ4v) is 3.75. The molecule has 5 aromatic rings. The minimum absolute atomic E-state index is 0.135. The van der Waals surface area contributed by atoms with E-state index >= 15 is 0 Å². The molecule has 7 heteroatoms. The molecule has 0 aliphatic heterocycles. The SMILES string of the molecule is COc1cnc2ccc(Cc3nnc4c(F)cc(-c5cc(C)cc(F)c5)cn34)cc2c1. The molecule has 0 aliphatic rings. The molecule has 5 rings (SSSR count). The van der Waals surface area contributed by atoms with Crippen LogP contribution in [-0.4, -0.2) is 26.7 Å². The summed E-state index contributed by atoms with van der Waals surface area (Å²) in [5.41, 5.74) is 3.88. The van der Waals surface area contributed by atoms with Crippen molar-refractivity contribution in [3.8, 4) is 16.9 Å². The van der Waals surface area contributed by atoms with Crippen LogP contribution in [0, 0.1) is 18.6 Å². The molecule has 3 heterocycles. The third kappa shape index (κ3) is 3.59. The first-order valence-corrected chi connectivity index (χ1v) is 9.73. The molecule has 5 nitrogen and oxygen atoms in total. The zero-order valence-electron chi connectivity index (χ0n) is 16.9. The largest absolute Gasteiger partial charge is 0.495 e. The molecular formula is C24H18F2N4O. The highest BCUT2D eigenvalue weighted by molar-refractivity contribution is 5.80. The van der Waals surface area contributed by atoms with Crippen LogP contribution in [0.5, 0.6) is 5.75 Å². The zero-order chi connectivity index (χ0) is 21.5. The van der Waals surface area contributed by atoms with Gasteiger partial charge in [0.25, 0.3) is 0 Å². The standard InChI is InChI=1S/C24H18F2N4O/c1-14-5-16(9-19(25)6-14)18-11-21(26)24-29-28-23(30(24)13-18)8-15-3-4-22-17(7-15)10-20(31-2)12-27-22/h3-7,9-13H,8H2,1-2H3. The molecule has 0 amide bonds. The summed E-state index contributed by atoms with van der Waals surface area (Å²) in [6.07, 6.45) is 3.86. The van der Waals surface area contributed by atoms with E-state index in [-0.39, 0.29) is 11.5 Å². The summed E-state index contributed by atoms with van der Waals surface area (Å²) in [6.45, 7) is 1.80. The van der Waals surface area contributed by atoms with Gasteiger partial charge in [-0.3, -0.25) is 9.38 Å². The van der Waals surface area contributed by atoms with Crippen LogP contribution in [0.1, 0.15) is 17.0 Å². The molecule has 0 saturated heterocycles. The van der Waals surface area contributed by atoms with Crippen LogP contribution in [0.2, 0.25) is 0 Å². The summed E-state index contributed by atoms with van der Waals surface area (Å²) in [6, 6.07) is 13.8. The predicted molar refractivity (Wildman–Crippen MR) is 114 cm³/mol. The van der Waals surface area contributed by atoms with E-state index in [4.69, 9.17) is 4.74 Å². The van der Waals surface area contributed by atoms with Gasteiger partial charge >= 0.3 is 0 Å². The van der Waals surface area contributed by atoms with Crippen molar-refractivity contribution in [2.24, 2.45) is 0 Å². The van der Waals surface area contributed by atoms with E-state index in [2.05, 4.69) is 15.2 Å². The second-order valence-corrected chi connectivity index (χ2v) is 7.48. The van der Waals surface area contributed by atoms with Crippen LogP contribution in [0.4, 0.5) is 8.78 Å². The maximum absolute atomic E-state index is 14.7. The number of ether oxygens (including phenoxy) is 1. The summed E-state index contributed by atoms with van der Waals surface area (Å²) in [4.78, 5) is 4.37. The van der Waals surface area contributed by atoms with E-state index in [0.717, 1.165) is 22.0 Å². The van der Waals surface area contributed by atoms with Gasteiger partial charge in [-0.1, -0.05) is 12.1 Å². The third-order valence-electron chi connectivity index (χ3n) is 5.22. The molecule has 0 radical (unpaired) electrons. The topological polar surface area (TPSA) is 52.3 Å². The molecule has 0 spiro atoms. The number of hydrogen-bond acceptors (Lipinski definition) is 4. The fourth-order valence-electron chi connectivity index (χ4n) is 3.75. The predicted octanol–water partition coefficient (Wildman–Crippen LogP) is 5.13. The van der Waals surface area contributed by atoms with Crippen LogP contribution in [0.25, 0.3) is 27.7 Å². The van der Waals surface area contributed by atoms with Gasteiger partial charge in [0.1, 0.15) is 17.4 Å². The molecule has 2 aromatic carbocycles. The van der Waals surface area contributed by atoms with Gasteiger partial charge in [-0.2, -0.15) is 0 Å². The Morgan fingerprint density at radius 3 is 2.65 bits per heavy atom. The molecule has 31 heavy (non-hydrogen) atoms. The lowest BCUT2D eigenvalue weighted by atomic mass is 10.0. The lowest BCUT2D eigenvalue weighted by Crippen LogP contribution is -1.99. The van der Waals surface area contributed by atoms with E-state index in [1.54, 1.807) is 30.8 Å². The van der Waals surface area contributed by atoms with Crippen LogP contribution in [-0.2, 0) is 6.42 Å². The Kier molecular flexibility index (Phi) is 4.58. The van der Waals surface area contributed by atoms with Gasteiger partial charge in [0, 0.05) is 23.6 Å². The van der Waals surface area contributed by atoms with E-state index in [9.17, 15) is 8.78 Å². The van der Waals surface area contributed by atoms with Crippen molar-refractivity contribution in [3.05, 3.63) is 89.5 Å². The van der Waals surface area contributed by atoms with Gasteiger partial charge in [-0.05, 0) is 60.0 Å². The summed E-state index contributed by atoms with van der Waals surface area (Å²) in [7, 11) is 1.60. The maximum Gasteiger partial charge on any atom is 0.196 e. The Morgan fingerprint density at radius 1 is 0.968 bits per heavy atom. The lowest BCUT2D eigenvalue weighted by Gasteiger charge is -2.08. The quantitative estimate of drug-likeness (QED) is 0.408. The molecular weight excluding hydrogens is 398 g/mol. The first-order chi connectivity index (χ1) is 15.0. The first-order valence-electron chi connectivity index (χ1n) is 9.73. The van der Waals surface area contributed by atoms with Crippen molar-refractivity contribution < 1.29 is 13.5 Å². The van der Waals surface area contributed by atoms with Gasteiger partial charge in [0.2, 0.25) is 0 Å².